The second kappa shape index (κ2) is 4.35. The highest BCUT2D eigenvalue weighted by molar-refractivity contribution is 7.19. The summed E-state index contributed by atoms with van der Waals surface area (Å²) in [6, 6.07) is 1.46. The van der Waals surface area contributed by atoms with Crippen LogP contribution in [0.15, 0.2) is 33.7 Å². The van der Waals surface area contributed by atoms with E-state index in [1.54, 1.807) is 6.20 Å². The zero-order valence-corrected chi connectivity index (χ0v) is 10.5. The molecule has 5 nitrogen and oxygen atoms in total. The number of hydrogen-bond acceptors (Lipinski definition) is 6. The molecule has 18 heavy (non-hydrogen) atoms. The molecule has 0 saturated heterocycles. The highest BCUT2D eigenvalue weighted by Gasteiger charge is 2.14. The van der Waals surface area contributed by atoms with Crippen LogP contribution in [-0.2, 0) is 0 Å². The quantitative estimate of drug-likeness (QED) is 0.796. The van der Waals surface area contributed by atoms with E-state index in [4.69, 9.17) is 9.52 Å². The first kappa shape index (κ1) is 11.1. The Bertz CT molecular complexity index is 685. The summed E-state index contributed by atoms with van der Waals surface area (Å²) >= 11 is 2.96. The molecule has 0 saturated carbocycles. The molecule has 90 valence electrons. The number of aromatic nitrogens is 2. The first-order valence-corrected chi connectivity index (χ1v) is 6.67. The SMILES string of the molecule is O=C(O)c1coc(-c2csc(-c3nccs3)n2)c1. The summed E-state index contributed by atoms with van der Waals surface area (Å²) in [4.78, 5) is 19.3. The van der Waals surface area contributed by atoms with Gasteiger partial charge in [0.1, 0.15) is 12.0 Å². The third kappa shape index (κ3) is 1.93. The predicted molar refractivity (Wildman–Crippen MR) is 67.9 cm³/mol. The largest absolute Gasteiger partial charge is 0.478 e. The molecule has 7 heteroatoms. The third-order valence-corrected chi connectivity index (χ3v) is 3.98. The first-order valence-electron chi connectivity index (χ1n) is 4.91. The average Bonchev–Trinajstić information content (AvgIpc) is 3.10. The minimum absolute atomic E-state index is 0.119. The maximum absolute atomic E-state index is 10.8. The van der Waals surface area contributed by atoms with Crippen molar-refractivity contribution < 1.29 is 14.3 Å². The van der Waals surface area contributed by atoms with E-state index in [9.17, 15) is 4.79 Å². The molecule has 0 fully saturated rings. The fourth-order valence-corrected chi connectivity index (χ4v) is 2.90. The van der Waals surface area contributed by atoms with Crippen LogP contribution < -0.4 is 0 Å². The van der Waals surface area contributed by atoms with Crippen LogP contribution in [0.2, 0.25) is 0 Å². The molecule has 0 unspecified atom stereocenters. The van der Waals surface area contributed by atoms with E-state index >= 15 is 0 Å². The Hall–Kier alpha value is -1.99. The summed E-state index contributed by atoms with van der Waals surface area (Å²) in [6.07, 6.45) is 2.93. The van der Waals surface area contributed by atoms with Crippen molar-refractivity contribution in [1.82, 2.24) is 9.97 Å². The molecule has 0 amide bonds. The van der Waals surface area contributed by atoms with Crippen LogP contribution in [-0.4, -0.2) is 21.0 Å². The van der Waals surface area contributed by atoms with Crippen LogP contribution in [0.1, 0.15) is 10.4 Å². The van der Waals surface area contributed by atoms with Crippen LogP contribution in [0, 0.1) is 0 Å². The van der Waals surface area contributed by atoms with E-state index in [1.165, 1.54) is 35.0 Å². The maximum atomic E-state index is 10.8. The van der Waals surface area contributed by atoms with Crippen LogP contribution >= 0.6 is 22.7 Å². The molecule has 0 aromatic carbocycles. The molecule has 0 aliphatic heterocycles. The molecule has 0 spiro atoms. The van der Waals surface area contributed by atoms with Crippen LogP contribution in [0.4, 0.5) is 0 Å². The van der Waals surface area contributed by atoms with E-state index in [0.29, 0.717) is 11.5 Å². The molecule has 1 N–H and O–H groups in total. The van der Waals surface area contributed by atoms with Gasteiger partial charge in [-0.15, -0.1) is 22.7 Å². The molecule has 3 aromatic rings. The number of nitrogens with zero attached hydrogens (tertiary/aromatic N) is 2. The van der Waals surface area contributed by atoms with Gasteiger partial charge in [0.25, 0.3) is 0 Å². The van der Waals surface area contributed by atoms with Gasteiger partial charge < -0.3 is 9.52 Å². The maximum Gasteiger partial charge on any atom is 0.338 e. The first-order chi connectivity index (χ1) is 8.74. The van der Waals surface area contributed by atoms with Gasteiger partial charge >= 0.3 is 5.97 Å². The lowest BCUT2D eigenvalue weighted by Crippen LogP contribution is -1.91. The monoisotopic (exact) mass is 278 g/mol. The standard InChI is InChI=1S/C11H6N2O3S2/c14-11(15)6-3-8(16-4-6)7-5-18-10(13-7)9-12-1-2-17-9/h1-5H,(H,14,15). The van der Waals surface area contributed by atoms with E-state index < -0.39 is 5.97 Å². The Morgan fingerprint density at radius 1 is 1.33 bits per heavy atom. The lowest BCUT2D eigenvalue weighted by Gasteiger charge is -1.87. The minimum Gasteiger partial charge on any atom is -0.478 e. The van der Waals surface area contributed by atoms with E-state index in [2.05, 4.69) is 9.97 Å². The molecular weight excluding hydrogens is 272 g/mol. The molecule has 0 bridgehead atoms. The van der Waals surface area contributed by atoms with Crippen molar-refractivity contribution >= 4 is 28.6 Å². The Morgan fingerprint density at radius 2 is 2.22 bits per heavy atom. The molecule has 0 aliphatic rings. The summed E-state index contributed by atoms with van der Waals surface area (Å²) < 4.78 is 5.19. The Labute approximate surface area is 109 Å². The molecule has 0 aliphatic carbocycles. The van der Waals surface area contributed by atoms with Crippen molar-refractivity contribution in [2.75, 3.05) is 0 Å². The summed E-state index contributed by atoms with van der Waals surface area (Å²) in [6.45, 7) is 0. The van der Waals surface area contributed by atoms with Gasteiger partial charge in [-0.2, -0.15) is 0 Å². The third-order valence-electron chi connectivity index (χ3n) is 2.22. The fraction of sp³-hybridized carbons (Fsp3) is 0. The van der Waals surface area contributed by atoms with Crippen molar-refractivity contribution in [3.8, 4) is 21.5 Å². The zero-order chi connectivity index (χ0) is 12.5. The molecular formula is C11H6N2O3S2. The zero-order valence-electron chi connectivity index (χ0n) is 8.86. The summed E-state index contributed by atoms with van der Waals surface area (Å²) in [7, 11) is 0. The smallest absolute Gasteiger partial charge is 0.338 e. The van der Waals surface area contributed by atoms with Gasteiger partial charge in [-0.3, -0.25) is 0 Å². The second-order valence-electron chi connectivity index (χ2n) is 3.38. The van der Waals surface area contributed by atoms with Gasteiger partial charge in [-0.25, -0.2) is 14.8 Å². The summed E-state index contributed by atoms with van der Waals surface area (Å²) in [5.41, 5.74) is 0.742. The van der Waals surface area contributed by atoms with Gasteiger partial charge in [-0.1, -0.05) is 0 Å². The highest BCUT2D eigenvalue weighted by Crippen LogP contribution is 2.30. The van der Waals surface area contributed by atoms with Crippen molar-refractivity contribution in [1.29, 1.82) is 0 Å². The number of rotatable bonds is 3. The number of thiazole rings is 2. The number of carboxylic acids is 1. The molecule has 3 aromatic heterocycles. The molecule has 0 radical (unpaired) electrons. The number of carboxylic acid groups (broad SMARTS) is 1. The van der Waals surface area contributed by atoms with E-state index in [1.807, 2.05) is 10.8 Å². The van der Waals surface area contributed by atoms with Crippen molar-refractivity contribution in [2.24, 2.45) is 0 Å². The van der Waals surface area contributed by atoms with E-state index in [0.717, 1.165) is 10.0 Å². The fourth-order valence-electron chi connectivity index (χ4n) is 1.40. The van der Waals surface area contributed by atoms with Crippen LogP contribution in [0.3, 0.4) is 0 Å². The number of aromatic carboxylic acids is 1. The van der Waals surface area contributed by atoms with Gasteiger partial charge in [0.05, 0.1) is 5.56 Å². The second-order valence-corrected chi connectivity index (χ2v) is 5.13. The lowest BCUT2D eigenvalue weighted by molar-refractivity contribution is 0.0696. The minimum atomic E-state index is -1.01. The summed E-state index contributed by atoms with van der Waals surface area (Å²) in [5.74, 6) is -0.563. The van der Waals surface area contributed by atoms with Crippen molar-refractivity contribution in [3.63, 3.8) is 0 Å². The Balaban J connectivity index is 1.95. The topological polar surface area (TPSA) is 76.2 Å². The Morgan fingerprint density at radius 3 is 2.89 bits per heavy atom. The number of hydrogen-bond donors (Lipinski definition) is 1. The van der Waals surface area contributed by atoms with Crippen molar-refractivity contribution in [3.05, 3.63) is 34.8 Å². The molecule has 3 heterocycles. The van der Waals surface area contributed by atoms with Gasteiger partial charge in [0, 0.05) is 23.0 Å². The summed E-state index contributed by atoms with van der Waals surface area (Å²) in [5, 5.41) is 14.2. The van der Waals surface area contributed by atoms with Crippen LogP contribution in [0.5, 0.6) is 0 Å². The lowest BCUT2D eigenvalue weighted by atomic mass is 10.3. The number of carbonyl (C=O) groups is 1. The number of furan rings is 1. The predicted octanol–water partition coefficient (Wildman–Crippen LogP) is 3.22. The Kier molecular flexibility index (Phi) is 2.69. The normalized spacial score (nSPS) is 10.7. The molecule has 3 rings (SSSR count). The van der Waals surface area contributed by atoms with E-state index in [-0.39, 0.29) is 5.56 Å². The van der Waals surface area contributed by atoms with Crippen LogP contribution in [0.25, 0.3) is 21.5 Å². The average molecular weight is 278 g/mol. The highest BCUT2D eigenvalue weighted by atomic mass is 32.1. The van der Waals surface area contributed by atoms with Gasteiger partial charge in [-0.05, 0) is 0 Å². The van der Waals surface area contributed by atoms with Crippen molar-refractivity contribution in [2.45, 2.75) is 0 Å². The molecule has 0 atom stereocenters. The van der Waals surface area contributed by atoms with Gasteiger partial charge in [0.2, 0.25) is 0 Å². The van der Waals surface area contributed by atoms with Gasteiger partial charge in [0.15, 0.2) is 15.8 Å².